The lowest BCUT2D eigenvalue weighted by Crippen LogP contribution is -2.39. The van der Waals surface area contributed by atoms with Crippen molar-refractivity contribution in [3.8, 4) is 5.75 Å². The molecule has 0 spiro atoms. The third-order valence-corrected chi connectivity index (χ3v) is 4.92. The molecule has 7 heteroatoms. The van der Waals surface area contributed by atoms with E-state index in [1.54, 1.807) is 24.3 Å². The second-order valence-electron chi connectivity index (χ2n) is 7.44. The molecular weight excluding hydrogens is 384 g/mol. The first kappa shape index (κ1) is 21.4. The number of benzene rings is 2. The van der Waals surface area contributed by atoms with E-state index >= 15 is 0 Å². The van der Waals surface area contributed by atoms with Gasteiger partial charge < -0.3 is 14.8 Å². The van der Waals surface area contributed by atoms with Crippen LogP contribution in [0.2, 0.25) is 0 Å². The Morgan fingerprint density at radius 1 is 1.17 bits per heavy atom. The molecule has 1 heterocycles. The van der Waals surface area contributed by atoms with Crippen molar-refractivity contribution in [2.24, 2.45) is 0 Å². The quantitative estimate of drug-likeness (QED) is 0.765. The van der Waals surface area contributed by atoms with E-state index in [0.29, 0.717) is 17.1 Å². The summed E-state index contributed by atoms with van der Waals surface area (Å²) in [7, 11) is 0. The normalized spacial score (nSPS) is 14.3. The molecule has 1 aliphatic heterocycles. The van der Waals surface area contributed by atoms with Crippen LogP contribution < -0.4 is 15.0 Å². The van der Waals surface area contributed by atoms with Crippen molar-refractivity contribution in [1.29, 1.82) is 0 Å². The molecule has 2 amide bonds. The van der Waals surface area contributed by atoms with Crippen LogP contribution in [0.4, 0.5) is 11.4 Å². The first-order valence-electron chi connectivity index (χ1n) is 9.86. The number of hydrogen-bond donors (Lipinski definition) is 1. The lowest BCUT2D eigenvalue weighted by atomic mass is 10.0. The number of aryl methyl sites for hydroxylation is 3. The van der Waals surface area contributed by atoms with Crippen LogP contribution in [0.25, 0.3) is 0 Å². The summed E-state index contributed by atoms with van der Waals surface area (Å²) < 4.78 is 10.9. The van der Waals surface area contributed by atoms with Crippen LogP contribution in [0.15, 0.2) is 36.4 Å². The van der Waals surface area contributed by atoms with Crippen LogP contribution in [-0.4, -0.2) is 37.0 Å². The first-order chi connectivity index (χ1) is 14.3. The Morgan fingerprint density at radius 2 is 1.83 bits per heavy atom. The number of para-hydroxylation sites is 2. The van der Waals surface area contributed by atoms with Gasteiger partial charge in [-0.3, -0.25) is 19.3 Å². The third kappa shape index (κ3) is 4.79. The number of carbonyl (C=O) groups excluding carboxylic acids is 3. The molecule has 0 saturated heterocycles. The predicted octanol–water partition coefficient (Wildman–Crippen LogP) is 3.30. The van der Waals surface area contributed by atoms with Crippen LogP contribution in [0, 0.1) is 20.8 Å². The van der Waals surface area contributed by atoms with Crippen LogP contribution in [-0.2, 0) is 19.1 Å². The molecular formula is C23H26N2O5. The van der Waals surface area contributed by atoms with Crippen molar-refractivity contribution in [2.45, 2.75) is 40.2 Å². The highest BCUT2D eigenvalue weighted by Gasteiger charge is 2.27. The molecule has 0 bridgehead atoms. The van der Waals surface area contributed by atoms with Gasteiger partial charge in [0.25, 0.3) is 5.91 Å². The fourth-order valence-electron chi connectivity index (χ4n) is 3.51. The number of anilines is 2. The van der Waals surface area contributed by atoms with Gasteiger partial charge in [0.05, 0.1) is 18.7 Å². The fourth-order valence-corrected chi connectivity index (χ4v) is 3.51. The molecule has 158 valence electrons. The molecule has 1 aliphatic rings. The van der Waals surface area contributed by atoms with Crippen molar-refractivity contribution in [3.63, 3.8) is 0 Å². The molecule has 7 nitrogen and oxygen atoms in total. The molecule has 0 saturated carbocycles. The van der Waals surface area contributed by atoms with Crippen molar-refractivity contribution < 1.29 is 23.9 Å². The Kier molecular flexibility index (Phi) is 6.40. The molecule has 2 aromatic carbocycles. The molecule has 0 radical (unpaired) electrons. The Bertz CT molecular complexity index is 962. The van der Waals surface area contributed by atoms with E-state index in [4.69, 9.17) is 9.47 Å². The smallest absolute Gasteiger partial charge is 0.326 e. The summed E-state index contributed by atoms with van der Waals surface area (Å²) in [6.45, 7) is 7.28. The van der Waals surface area contributed by atoms with Gasteiger partial charge in [0.2, 0.25) is 5.91 Å². The van der Waals surface area contributed by atoms with Crippen molar-refractivity contribution in [3.05, 3.63) is 53.1 Å². The van der Waals surface area contributed by atoms with Gasteiger partial charge >= 0.3 is 5.97 Å². The topological polar surface area (TPSA) is 84.9 Å². The molecule has 0 unspecified atom stereocenters. The van der Waals surface area contributed by atoms with E-state index in [1.807, 2.05) is 32.9 Å². The largest absolute Gasteiger partial charge is 0.491 e. The number of rotatable bonds is 5. The number of amides is 2. The van der Waals surface area contributed by atoms with Crippen LogP contribution in [0.1, 0.15) is 30.0 Å². The fraction of sp³-hybridized carbons (Fsp3) is 0.348. The van der Waals surface area contributed by atoms with E-state index in [0.717, 1.165) is 16.7 Å². The Balaban J connectivity index is 1.66. The average molecular weight is 410 g/mol. The van der Waals surface area contributed by atoms with Crippen LogP contribution >= 0.6 is 0 Å². The van der Waals surface area contributed by atoms with E-state index in [9.17, 15) is 14.4 Å². The monoisotopic (exact) mass is 410 g/mol. The summed E-state index contributed by atoms with van der Waals surface area (Å²) in [4.78, 5) is 38.8. The summed E-state index contributed by atoms with van der Waals surface area (Å²) in [5, 5.41) is 2.83. The van der Waals surface area contributed by atoms with Crippen molar-refractivity contribution in [1.82, 2.24) is 0 Å². The number of nitrogens with one attached hydrogen (secondary N) is 1. The van der Waals surface area contributed by atoms with Gasteiger partial charge in [-0.15, -0.1) is 0 Å². The van der Waals surface area contributed by atoms with Gasteiger partial charge in [-0.1, -0.05) is 29.8 Å². The maximum absolute atomic E-state index is 12.6. The highest BCUT2D eigenvalue weighted by molar-refractivity contribution is 6.00. The van der Waals surface area contributed by atoms with Crippen molar-refractivity contribution >= 4 is 29.2 Å². The molecule has 1 atom stereocenters. The minimum Gasteiger partial charge on any atom is -0.491 e. The summed E-state index contributed by atoms with van der Waals surface area (Å²) in [6, 6.07) is 11.0. The Labute approximate surface area is 176 Å². The van der Waals surface area contributed by atoms with Crippen LogP contribution in [0.3, 0.4) is 0 Å². The lowest BCUT2D eigenvalue weighted by molar-refractivity contribution is -0.152. The number of esters is 1. The first-order valence-corrected chi connectivity index (χ1v) is 9.86. The zero-order valence-electron chi connectivity index (χ0n) is 17.7. The maximum Gasteiger partial charge on any atom is 0.326 e. The second-order valence-corrected chi connectivity index (χ2v) is 7.44. The van der Waals surface area contributed by atoms with E-state index in [1.165, 1.54) is 11.8 Å². The number of nitrogens with zero attached hydrogens (tertiary/aromatic N) is 1. The van der Waals surface area contributed by atoms with E-state index in [-0.39, 0.29) is 25.5 Å². The minimum absolute atomic E-state index is 0.157. The molecule has 0 aromatic heterocycles. The minimum atomic E-state index is -1.01. The number of fused-ring (bicyclic) bond motifs is 1. The number of carbonyl (C=O) groups is 3. The lowest BCUT2D eigenvalue weighted by Gasteiger charge is -2.22. The van der Waals surface area contributed by atoms with E-state index < -0.39 is 18.0 Å². The highest BCUT2D eigenvalue weighted by Crippen LogP contribution is 2.31. The highest BCUT2D eigenvalue weighted by atomic mass is 16.5. The number of hydrogen-bond acceptors (Lipinski definition) is 5. The van der Waals surface area contributed by atoms with Gasteiger partial charge in [-0.25, -0.2) is 0 Å². The Morgan fingerprint density at radius 3 is 2.53 bits per heavy atom. The van der Waals surface area contributed by atoms with Gasteiger partial charge in [-0.05, 0) is 51.0 Å². The molecule has 0 fully saturated rings. The zero-order chi connectivity index (χ0) is 21.8. The summed E-state index contributed by atoms with van der Waals surface area (Å²) >= 11 is 0. The van der Waals surface area contributed by atoms with Crippen molar-refractivity contribution in [2.75, 3.05) is 23.4 Å². The molecule has 0 aliphatic carbocycles. The second kappa shape index (κ2) is 8.98. The predicted molar refractivity (Wildman–Crippen MR) is 114 cm³/mol. The Hall–Kier alpha value is -3.35. The van der Waals surface area contributed by atoms with Gasteiger partial charge in [0.1, 0.15) is 12.3 Å². The average Bonchev–Trinajstić information content (AvgIpc) is 2.83. The van der Waals surface area contributed by atoms with Gasteiger partial charge in [-0.2, -0.15) is 0 Å². The molecule has 1 N–H and O–H groups in total. The zero-order valence-corrected chi connectivity index (χ0v) is 17.7. The molecule has 30 heavy (non-hydrogen) atoms. The standard InChI is InChI=1S/C23H26N2O5/c1-14-11-15(2)22(16(3)12-14)24-23(28)17(4)30-21(27)13-25-18-7-5-6-8-19(18)29-10-9-20(25)26/h5-8,11-12,17H,9-10,13H2,1-4H3,(H,24,28)/t17-/m0/s1. The van der Waals surface area contributed by atoms with E-state index in [2.05, 4.69) is 5.32 Å². The van der Waals surface area contributed by atoms with Crippen LogP contribution in [0.5, 0.6) is 5.75 Å². The summed E-state index contributed by atoms with van der Waals surface area (Å²) in [6.07, 6.45) is -0.851. The van der Waals surface area contributed by atoms with Gasteiger partial charge in [0, 0.05) is 5.69 Å². The third-order valence-electron chi connectivity index (χ3n) is 4.92. The summed E-state index contributed by atoms with van der Waals surface area (Å²) in [5.41, 5.74) is 4.20. The summed E-state index contributed by atoms with van der Waals surface area (Å²) in [5.74, 6) is -0.795. The molecule has 2 aromatic rings. The maximum atomic E-state index is 12.6. The number of ether oxygens (including phenoxy) is 2. The molecule has 3 rings (SSSR count). The van der Waals surface area contributed by atoms with Gasteiger partial charge in [0.15, 0.2) is 6.10 Å². The SMILES string of the molecule is Cc1cc(C)c(NC(=O)[C@H](C)OC(=O)CN2C(=O)CCOc3ccccc32)c(C)c1.